The number of nitrogens with zero attached hydrogens (tertiary/aromatic N) is 1. The standard InChI is InChI=1S/C29H27F2NO2S/c1-2-3-16-32-17-4-5-26(32)34-23-13-8-19(9-14-23)28(33)27-24-15-12-22(31)18-25(24)35-29(27)20-6-10-21(30)11-7-20/h6-15,18,26H,2-5,16-17H2,1H3. The summed E-state index contributed by atoms with van der Waals surface area (Å²) in [4.78, 5) is 16.8. The van der Waals surface area contributed by atoms with Crippen molar-refractivity contribution in [1.29, 1.82) is 0 Å². The molecule has 0 saturated carbocycles. The fourth-order valence-electron chi connectivity index (χ4n) is 4.63. The molecule has 0 radical (unpaired) electrons. The lowest BCUT2D eigenvalue weighted by molar-refractivity contribution is 0.0598. The zero-order chi connectivity index (χ0) is 24.4. The Labute approximate surface area is 208 Å². The summed E-state index contributed by atoms with van der Waals surface area (Å²) in [5, 5.41) is 0.693. The van der Waals surface area contributed by atoms with E-state index >= 15 is 0 Å². The van der Waals surface area contributed by atoms with Crippen LogP contribution in [-0.4, -0.2) is 30.0 Å². The average Bonchev–Trinajstić information content (AvgIpc) is 3.47. The molecule has 1 aliphatic heterocycles. The lowest BCUT2D eigenvalue weighted by Crippen LogP contribution is -2.34. The first kappa shape index (κ1) is 23.6. The van der Waals surface area contributed by atoms with Crippen molar-refractivity contribution in [3.8, 4) is 16.2 Å². The third-order valence-corrected chi connectivity index (χ3v) is 7.68. The molecule has 1 unspecified atom stereocenters. The van der Waals surface area contributed by atoms with Crippen LogP contribution in [0.4, 0.5) is 8.78 Å². The van der Waals surface area contributed by atoms with E-state index in [0.717, 1.165) is 50.1 Å². The highest BCUT2D eigenvalue weighted by molar-refractivity contribution is 7.22. The van der Waals surface area contributed by atoms with Gasteiger partial charge in [0.05, 0.1) is 0 Å². The fraction of sp³-hybridized carbons (Fsp3) is 0.276. The van der Waals surface area contributed by atoms with Crippen molar-refractivity contribution >= 4 is 27.2 Å². The van der Waals surface area contributed by atoms with Gasteiger partial charge >= 0.3 is 0 Å². The first-order valence-corrected chi connectivity index (χ1v) is 12.9. The van der Waals surface area contributed by atoms with E-state index in [9.17, 15) is 13.6 Å². The van der Waals surface area contributed by atoms with Crippen LogP contribution in [0.15, 0.2) is 66.7 Å². The Balaban J connectivity index is 1.44. The van der Waals surface area contributed by atoms with Gasteiger partial charge in [0.15, 0.2) is 12.0 Å². The van der Waals surface area contributed by atoms with E-state index in [-0.39, 0.29) is 23.6 Å². The van der Waals surface area contributed by atoms with Crippen molar-refractivity contribution in [1.82, 2.24) is 4.90 Å². The highest BCUT2D eigenvalue weighted by Crippen LogP contribution is 2.40. The maximum atomic E-state index is 13.9. The topological polar surface area (TPSA) is 29.5 Å². The molecule has 4 aromatic rings. The minimum atomic E-state index is -0.357. The molecule has 0 aliphatic carbocycles. The van der Waals surface area contributed by atoms with Crippen LogP contribution in [0.5, 0.6) is 5.75 Å². The number of ketones is 1. The summed E-state index contributed by atoms with van der Waals surface area (Å²) in [5.41, 5.74) is 1.76. The van der Waals surface area contributed by atoms with Crippen molar-refractivity contribution < 1.29 is 18.3 Å². The van der Waals surface area contributed by atoms with Crippen LogP contribution in [-0.2, 0) is 0 Å². The van der Waals surface area contributed by atoms with Crippen molar-refractivity contribution in [2.75, 3.05) is 13.1 Å². The van der Waals surface area contributed by atoms with E-state index in [0.29, 0.717) is 26.1 Å². The van der Waals surface area contributed by atoms with E-state index in [1.807, 2.05) is 12.1 Å². The lowest BCUT2D eigenvalue weighted by Gasteiger charge is -2.25. The maximum Gasteiger partial charge on any atom is 0.195 e. The molecule has 3 nitrogen and oxygen atoms in total. The lowest BCUT2D eigenvalue weighted by atomic mass is 9.97. The minimum absolute atomic E-state index is 0.0731. The van der Waals surface area contributed by atoms with Crippen LogP contribution in [0.2, 0.25) is 0 Å². The van der Waals surface area contributed by atoms with Gasteiger partial charge in [-0.1, -0.05) is 25.5 Å². The minimum Gasteiger partial charge on any atom is -0.475 e. The quantitative estimate of drug-likeness (QED) is 0.237. The number of carbonyl (C=O) groups excluding carboxylic acids is 1. The summed E-state index contributed by atoms with van der Waals surface area (Å²) in [6, 6.07) is 17.7. The Morgan fingerprint density at radius 3 is 2.51 bits per heavy atom. The van der Waals surface area contributed by atoms with Crippen LogP contribution in [0.3, 0.4) is 0 Å². The van der Waals surface area contributed by atoms with Gasteiger partial charge in [0, 0.05) is 39.2 Å². The number of likely N-dealkylation sites (tertiary alicyclic amines) is 1. The molecule has 180 valence electrons. The molecular formula is C29H27F2NO2S. The molecule has 6 heteroatoms. The van der Waals surface area contributed by atoms with Gasteiger partial charge in [-0.2, -0.15) is 0 Å². The molecule has 1 aliphatic rings. The highest BCUT2D eigenvalue weighted by Gasteiger charge is 2.26. The predicted molar refractivity (Wildman–Crippen MR) is 137 cm³/mol. The number of thiophene rings is 1. The summed E-state index contributed by atoms with van der Waals surface area (Å²) in [6.45, 7) is 4.28. The molecule has 1 atom stereocenters. The first-order valence-electron chi connectivity index (χ1n) is 12.1. The second-order valence-electron chi connectivity index (χ2n) is 8.91. The number of ether oxygens (including phenoxy) is 1. The largest absolute Gasteiger partial charge is 0.475 e. The van der Waals surface area contributed by atoms with E-state index in [4.69, 9.17) is 4.74 Å². The van der Waals surface area contributed by atoms with Crippen molar-refractivity contribution in [3.63, 3.8) is 0 Å². The molecule has 1 aromatic heterocycles. The van der Waals surface area contributed by atoms with Crippen LogP contribution < -0.4 is 4.74 Å². The van der Waals surface area contributed by atoms with Crippen molar-refractivity contribution in [3.05, 3.63) is 89.5 Å². The molecule has 0 bridgehead atoms. The summed E-state index contributed by atoms with van der Waals surface area (Å²) < 4.78 is 34.4. The van der Waals surface area contributed by atoms with Crippen LogP contribution in [0.25, 0.3) is 20.5 Å². The second kappa shape index (κ2) is 10.3. The number of carbonyl (C=O) groups is 1. The number of benzene rings is 3. The normalized spacial score (nSPS) is 16.1. The smallest absolute Gasteiger partial charge is 0.195 e. The Morgan fingerprint density at radius 2 is 1.77 bits per heavy atom. The molecule has 5 rings (SSSR count). The number of fused-ring (bicyclic) bond motifs is 1. The van der Waals surface area contributed by atoms with Gasteiger partial charge in [0.1, 0.15) is 17.4 Å². The van der Waals surface area contributed by atoms with Gasteiger partial charge in [-0.25, -0.2) is 8.78 Å². The zero-order valence-corrected chi connectivity index (χ0v) is 20.4. The molecule has 0 spiro atoms. The van der Waals surface area contributed by atoms with Gasteiger partial charge < -0.3 is 4.74 Å². The fourth-order valence-corrected chi connectivity index (χ4v) is 5.86. The number of halogens is 2. The van der Waals surface area contributed by atoms with Gasteiger partial charge in [-0.05, 0) is 79.4 Å². The summed E-state index contributed by atoms with van der Waals surface area (Å²) >= 11 is 1.34. The van der Waals surface area contributed by atoms with Gasteiger partial charge in [-0.15, -0.1) is 11.3 Å². The maximum absolute atomic E-state index is 13.9. The predicted octanol–water partition coefficient (Wildman–Crippen LogP) is 7.68. The number of rotatable bonds is 8. The Bertz CT molecular complexity index is 1330. The van der Waals surface area contributed by atoms with E-state index in [1.165, 1.54) is 35.6 Å². The first-order chi connectivity index (χ1) is 17.0. The molecule has 0 amide bonds. The van der Waals surface area contributed by atoms with Gasteiger partial charge in [-0.3, -0.25) is 9.69 Å². The summed E-state index contributed by atoms with van der Waals surface area (Å²) in [5.74, 6) is -0.116. The zero-order valence-electron chi connectivity index (χ0n) is 19.6. The van der Waals surface area contributed by atoms with E-state index in [2.05, 4.69) is 11.8 Å². The van der Waals surface area contributed by atoms with E-state index in [1.54, 1.807) is 30.3 Å². The van der Waals surface area contributed by atoms with Gasteiger partial charge in [0.2, 0.25) is 0 Å². The molecule has 1 saturated heterocycles. The Hall–Kier alpha value is -3.09. The third-order valence-electron chi connectivity index (χ3n) is 6.48. The number of hydrogen-bond acceptors (Lipinski definition) is 4. The van der Waals surface area contributed by atoms with Crippen LogP contribution in [0.1, 0.15) is 48.5 Å². The van der Waals surface area contributed by atoms with Crippen molar-refractivity contribution in [2.24, 2.45) is 0 Å². The number of unbranched alkanes of at least 4 members (excludes halogenated alkanes) is 1. The summed E-state index contributed by atoms with van der Waals surface area (Å²) in [7, 11) is 0. The number of hydrogen-bond donors (Lipinski definition) is 0. The molecule has 0 N–H and O–H groups in total. The molecule has 35 heavy (non-hydrogen) atoms. The molecule has 1 fully saturated rings. The SMILES string of the molecule is CCCCN1CCCC1Oc1ccc(C(=O)c2c(-c3ccc(F)cc3)sc3cc(F)ccc23)cc1. The Morgan fingerprint density at radius 1 is 1.03 bits per heavy atom. The monoisotopic (exact) mass is 491 g/mol. The van der Waals surface area contributed by atoms with E-state index < -0.39 is 0 Å². The average molecular weight is 492 g/mol. The van der Waals surface area contributed by atoms with Crippen LogP contribution in [0, 0.1) is 11.6 Å². The molecule has 3 aromatic carbocycles. The third kappa shape index (κ3) is 5.00. The van der Waals surface area contributed by atoms with Crippen molar-refractivity contribution in [2.45, 2.75) is 38.8 Å². The van der Waals surface area contributed by atoms with Crippen LogP contribution >= 0.6 is 11.3 Å². The van der Waals surface area contributed by atoms with Gasteiger partial charge in [0.25, 0.3) is 0 Å². The molecular weight excluding hydrogens is 464 g/mol. The summed E-state index contributed by atoms with van der Waals surface area (Å²) in [6.07, 6.45) is 4.52. The molecule has 2 heterocycles. The highest BCUT2D eigenvalue weighted by atomic mass is 32.1. The second-order valence-corrected chi connectivity index (χ2v) is 9.96. The Kier molecular flexibility index (Phi) is 6.93.